The topological polar surface area (TPSA) is 424 Å². The van der Waals surface area contributed by atoms with E-state index in [9.17, 15) is 36.7 Å². The first kappa shape index (κ1) is 76.4. The molecule has 6 atom stereocenters. The molecule has 5 aliphatic rings. The Balaban J connectivity index is 0.000000172. The highest BCUT2D eigenvalue weighted by molar-refractivity contribution is 7.16. The van der Waals surface area contributed by atoms with Crippen LogP contribution in [0, 0.1) is 0 Å². The summed E-state index contributed by atoms with van der Waals surface area (Å²) in [7, 11) is 0. The van der Waals surface area contributed by atoms with Crippen LogP contribution < -0.4 is 43.0 Å². The summed E-state index contributed by atoms with van der Waals surface area (Å²) in [5.41, 5.74) is 18.4. The number of carboxylic acids is 1. The van der Waals surface area contributed by atoms with Crippen molar-refractivity contribution in [2.24, 2.45) is 0 Å². The SMILES string of the molecule is CCC(=O)Nc1nnc([C@H]2CCC[C@H](c3nnc(N)s3)C2)s1.CCC(=O)Nc1nnc([C@H]2CCC[C@H](c3nnc(NC(=O)Cc4cccc(N5CC(F)(F)C5)n4)s3)C2)s1.CCC(=O)O.CCc1cccc(N2CC(F)(F)C2)n1.Nc1nnc([C@H]2CCC[C@H](c3nnc(N)s3)C2)s1.O=C=O. The number of nitrogens with one attached hydrogen (secondary N) is 3. The van der Waals surface area contributed by atoms with Gasteiger partial charge in [-0.05, 0) is 88.5 Å². The molecule has 0 radical (unpaired) electrons. The van der Waals surface area contributed by atoms with Crippen molar-refractivity contribution in [2.75, 3.05) is 69.1 Å². The van der Waals surface area contributed by atoms with Gasteiger partial charge in [-0.1, -0.05) is 127 Å². The number of aliphatic carboxylic acids is 1. The number of amides is 3. The van der Waals surface area contributed by atoms with Gasteiger partial charge in [-0.15, -0.1) is 61.2 Å². The number of hydrogen-bond donors (Lipinski definition) is 7. The minimum Gasteiger partial charge on any atom is -0.481 e. The smallest absolute Gasteiger partial charge is 0.373 e. The summed E-state index contributed by atoms with van der Waals surface area (Å²) >= 11 is 8.71. The van der Waals surface area contributed by atoms with E-state index in [1.54, 1.807) is 43.0 Å². The molecule has 0 spiro atoms. The first-order valence-corrected chi connectivity index (χ1v) is 36.9. The fraction of sp³-hybridized carbons (Fsp3) is 0.550. The summed E-state index contributed by atoms with van der Waals surface area (Å²) in [5, 5.41) is 74.5. The maximum Gasteiger partial charge on any atom is 0.373 e. The normalized spacial score (nSPS) is 20.2. The molecule has 2 saturated heterocycles. The molecule has 2 aliphatic heterocycles. The van der Waals surface area contributed by atoms with Crippen LogP contribution in [0.2, 0.25) is 0 Å². The molecule has 3 aliphatic carbocycles. The summed E-state index contributed by atoms with van der Waals surface area (Å²) in [4.78, 5) is 72.9. The van der Waals surface area contributed by atoms with Crippen LogP contribution in [-0.2, 0) is 41.6 Å². The van der Waals surface area contributed by atoms with Crippen molar-refractivity contribution in [1.29, 1.82) is 0 Å². The second-order valence-electron chi connectivity index (χ2n) is 23.6. The number of anilines is 8. The summed E-state index contributed by atoms with van der Waals surface area (Å²) in [6.07, 6.45) is 14.8. The van der Waals surface area contributed by atoms with Crippen molar-refractivity contribution < 1.29 is 51.4 Å². The molecule has 13 rings (SSSR count). The number of carbonyl (C=O) groups excluding carboxylic acids is 5. The number of hydrogen-bond acceptors (Lipinski definition) is 31. The van der Waals surface area contributed by atoms with Crippen LogP contribution in [0.3, 0.4) is 0 Å². The number of aromatic nitrogens is 14. The highest BCUT2D eigenvalue weighted by Gasteiger charge is 2.45. The molecule has 532 valence electrons. The molecular weight excluding hydrogens is 1410 g/mol. The Labute approximate surface area is 590 Å². The number of carbonyl (C=O) groups is 4. The van der Waals surface area contributed by atoms with Crippen molar-refractivity contribution in [3.05, 3.63) is 77.8 Å². The minimum absolute atomic E-state index is 0.00639. The lowest BCUT2D eigenvalue weighted by atomic mass is 9.82. The molecule has 3 amide bonds. The van der Waals surface area contributed by atoms with Crippen LogP contribution in [0.4, 0.5) is 60.0 Å². The predicted octanol–water partition coefficient (Wildman–Crippen LogP) is 11.0. The highest BCUT2D eigenvalue weighted by atomic mass is 32.1. The number of pyridine rings is 2. The number of aryl methyl sites for hydroxylation is 1. The minimum atomic E-state index is -2.69. The third kappa shape index (κ3) is 23.4. The lowest BCUT2D eigenvalue weighted by molar-refractivity contribution is -0.191. The zero-order valence-corrected chi connectivity index (χ0v) is 59.4. The van der Waals surface area contributed by atoms with Crippen LogP contribution in [0.15, 0.2) is 36.4 Å². The highest BCUT2D eigenvalue weighted by Crippen LogP contribution is 2.46. The van der Waals surface area contributed by atoms with Gasteiger partial charge in [0, 0.05) is 60.5 Å². The standard InChI is InChI=1S/C23H26F2N8O2S2.C13H18N6OS2.C10H12F2N2.C10H14N6S2.C3H6O2.CO2/c1-2-17(34)27-21-31-29-19(36-21)13-5-3-6-14(9-13)20-30-32-22(37-20)28-18(35)10-15-7-4-8-16(26-15)33-11-23(24,25)12-33;1-2-9(20)15-13-19-17-11(22-13)8-5-3-4-7(6-8)10-16-18-12(14)21-10;1-2-8-4-3-5-9(13-8)14-6-10(11,12)7-14;11-9-15-13-7(17-9)5-2-1-3-6(4-5)8-14-16-10(12)18-8;1-2-3(4)5;2-1-3/h4,7-8,13-14H,2-3,5-6,9-12H2,1H3,(H,27,31,34)(H,28,32,35);7-8H,2-6H2,1H3,(H2,14,18)(H,15,19,20);3-5H,2,6-7H2,1H3;5-6H,1-4H2,(H2,11,15)(H2,12,16);2H2,1H3,(H,4,5);/t13-,14-;7-,8-;;5-,6-;;/m00.0../s1. The number of halogens is 4. The van der Waals surface area contributed by atoms with Crippen LogP contribution in [-0.4, -0.2) is 144 Å². The van der Waals surface area contributed by atoms with E-state index in [-0.39, 0.29) is 74.7 Å². The zero-order chi connectivity index (χ0) is 71.2. The average molecular weight is 1490 g/mol. The Bertz CT molecular complexity index is 3900. The number of rotatable bonds is 17. The Kier molecular flexibility index (Phi) is 28.3. The number of nitrogen functional groups attached to an aromatic ring is 3. The monoisotopic (exact) mass is 1480 g/mol. The van der Waals surface area contributed by atoms with Crippen LogP contribution in [0.5, 0.6) is 0 Å². The van der Waals surface area contributed by atoms with Gasteiger partial charge in [0.1, 0.15) is 41.7 Å². The maximum absolute atomic E-state index is 13.2. The second-order valence-corrected chi connectivity index (χ2v) is 29.7. The van der Waals surface area contributed by atoms with E-state index in [1.807, 2.05) is 26.0 Å². The Morgan fingerprint density at radius 2 is 0.768 bits per heavy atom. The molecule has 10 heterocycles. The van der Waals surface area contributed by atoms with E-state index in [4.69, 9.17) is 31.9 Å². The van der Waals surface area contributed by atoms with Crippen molar-refractivity contribution in [1.82, 2.24) is 71.2 Å². The largest absolute Gasteiger partial charge is 0.481 e. The molecule has 5 fully saturated rings. The quantitative estimate of drug-likeness (QED) is 0.0416. The molecule has 29 nitrogen and oxygen atoms in total. The molecule has 99 heavy (non-hydrogen) atoms. The zero-order valence-electron chi connectivity index (χ0n) is 54.5. The molecule has 8 aromatic heterocycles. The van der Waals surface area contributed by atoms with Gasteiger partial charge in [0.05, 0.1) is 38.3 Å². The predicted molar refractivity (Wildman–Crippen MR) is 370 cm³/mol. The number of nitrogens with two attached hydrogens (primary N) is 3. The van der Waals surface area contributed by atoms with E-state index in [2.05, 4.69) is 87.1 Å². The van der Waals surface area contributed by atoms with E-state index < -0.39 is 17.8 Å². The number of nitrogens with zero attached hydrogens (tertiary/aromatic N) is 16. The van der Waals surface area contributed by atoms with Gasteiger partial charge < -0.3 is 48.1 Å². The van der Waals surface area contributed by atoms with Gasteiger partial charge in [0.25, 0.3) is 11.8 Å². The Morgan fingerprint density at radius 1 is 0.475 bits per heavy atom. The third-order valence-corrected chi connectivity index (χ3v) is 21.9. The van der Waals surface area contributed by atoms with Gasteiger partial charge in [0.2, 0.25) is 48.5 Å². The summed E-state index contributed by atoms with van der Waals surface area (Å²) < 4.78 is 51.5. The van der Waals surface area contributed by atoms with E-state index in [1.165, 1.54) is 79.3 Å². The maximum atomic E-state index is 13.2. The van der Waals surface area contributed by atoms with Gasteiger partial charge in [0.15, 0.2) is 0 Å². The fourth-order valence-electron chi connectivity index (χ4n) is 11.2. The van der Waals surface area contributed by atoms with Crippen LogP contribution >= 0.6 is 68.0 Å². The van der Waals surface area contributed by atoms with Gasteiger partial charge >= 0.3 is 12.1 Å². The number of alkyl halides is 4. The van der Waals surface area contributed by atoms with E-state index in [0.717, 1.165) is 113 Å². The van der Waals surface area contributed by atoms with Crippen molar-refractivity contribution in [2.45, 2.75) is 184 Å². The molecule has 8 aromatic rings. The van der Waals surface area contributed by atoms with Crippen LogP contribution in [0.25, 0.3) is 0 Å². The molecule has 3 saturated carbocycles. The first-order valence-electron chi connectivity index (χ1n) is 32.0. The van der Waals surface area contributed by atoms with Gasteiger partial charge in [-0.3, -0.25) is 19.2 Å². The Hall–Kier alpha value is -8.36. The van der Waals surface area contributed by atoms with Crippen LogP contribution in [0.1, 0.15) is 201 Å². The van der Waals surface area contributed by atoms with E-state index >= 15 is 0 Å². The van der Waals surface area contributed by atoms with Crippen molar-refractivity contribution in [3.8, 4) is 0 Å². The fourth-order valence-corrected chi connectivity index (χ4v) is 16.2. The van der Waals surface area contributed by atoms with E-state index in [0.29, 0.717) is 84.6 Å². The molecule has 0 aromatic carbocycles. The van der Waals surface area contributed by atoms with Crippen molar-refractivity contribution >= 4 is 140 Å². The summed E-state index contributed by atoms with van der Waals surface area (Å²) in [6, 6.07) is 10.6. The molecule has 0 bridgehead atoms. The number of carboxylic acid groups (broad SMARTS) is 1. The molecule has 0 unspecified atom stereocenters. The third-order valence-electron chi connectivity index (χ3n) is 16.1. The first-order chi connectivity index (χ1) is 47.4. The summed E-state index contributed by atoms with van der Waals surface area (Å²) in [6.45, 7) is 6.08. The molecule has 39 heteroatoms. The Morgan fingerprint density at radius 3 is 1.05 bits per heavy atom. The average Bonchev–Trinajstić information content (AvgIpc) is 1.79. The lowest BCUT2D eigenvalue weighted by Gasteiger charge is -2.39. The molecule has 10 N–H and O–H groups in total. The molecular formula is C60H76F4N22O7S6. The second kappa shape index (κ2) is 36.6. The lowest BCUT2D eigenvalue weighted by Crippen LogP contribution is -2.56. The van der Waals surface area contributed by atoms with Gasteiger partial charge in [-0.2, -0.15) is 9.59 Å². The van der Waals surface area contributed by atoms with Crippen molar-refractivity contribution in [3.63, 3.8) is 0 Å². The van der Waals surface area contributed by atoms with Gasteiger partial charge in [-0.25, -0.2) is 27.5 Å². The summed E-state index contributed by atoms with van der Waals surface area (Å²) in [5.74, 6) is -3.17.